The van der Waals surface area contributed by atoms with Gasteiger partial charge in [0.2, 0.25) is 0 Å². The lowest BCUT2D eigenvalue weighted by Gasteiger charge is -2.12. The molecule has 0 spiro atoms. The van der Waals surface area contributed by atoms with Gasteiger partial charge in [-0.25, -0.2) is 0 Å². The van der Waals surface area contributed by atoms with E-state index in [9.17, 15) is 0 Å². The monoisotopic (exact) mass is 258 g/mol. The maximum absolute atomic E-state index is 5.36. The summed E-state index contributed by atoms with van der Waals surface area (Å²) in [5, 5.41) is 4.87. The van der Waals surface area contributed by atoms with E-state index in [0.29, 0.717) is 0 Å². The maximum atomic E-state index is 5.36. The first kappa shape index (κ1) is 12.7. The summed E-state index contributed by atoms with van der Waals surface area (Å²) in [6, 6.07) is 9.67. The Hall–Kier alpha value is -1.32. The fourth-order valence-electron chi connectivity index (χ4n) is 2.40. The predicted molar refractivity (Wildman–Crippen MR) is 78.3 cm³/mol. The molecule has 1 aliphatic rings. The van der Waals surface area contributed by atoms with Gasteiger partial charge in [0, 0.05) is 38.0 Å². The van der Waals surface area contributed by atoms with Gasteiger partial charge in [-0.2, -0.15) is 0 Å². The maximum Gasteiger partial charge on any atom is 0.0722 e. The van der Waals surface area contributed by atoms with Crippen molar-refractivity contribution < 1.29 is 4.74 Å². The Bertz CT molecular complexity index is 557. The quantitative estimate of drug-likeness (QED) is 0.862. The first-order chi connectivity index (χ1) is 9.26. The number of hydrogen-bond acceptors (Lipinski definition) is 2. The third kappa shape index (κ3) is 2.99. The lowest BCUT2D eigenvalue weighted by Crippen LogP contribution is -2.16. The second-order valence-corrected chi connectivity index (χ2v) is 5.56. The fraction of sp³-hybridized carbons (Fsp3) is 0.500. The largest absolute Gasteiger partial charge is 0.380 e. The molecule has 1 aliphatic carbocycles. The summed E-state index contributed by atoms with van der Waals surface area (Å²) in [7, 11) is 1.77. The summed E-state index contributed by atoms with van der Waals surface area (Å²) in [6.45, 7) is 3.98. The Labute approximate surface area is 114 Å². The Morgan fingerprint density at radius 2 is 2.21 bits per heavy atom. The number of nitrogens with one attached hydrogen (secondary N) is 1. The number of ether oxygens (including phenoxy) is 1. The molecule has 0 saturated heterocycles. The molecular weight excluding hydrogens is 236 g/mol. The van der Waals surface area contributed by atoms with Crippen LogP contribution >= 0.6 is 0 Å². The van der Waals surface area contributed by atoms with Crippen LogP contribution < -0.4 is 5.32 Å². The molecule has 0 aliphatic heterocycles. The van der Waals surface area contributed by atoms with Gasteiger partial charge in [-0.05, 0) is 42.8 Å². The number of aromatic nitrogens is 1. The summed E-state index contributed by atoms with van der Waals surface area (Å²) in [5.41, 5.74) is 2.67. The van der Waals surface area contributed by atoms with Crippen molar-refractivity contribution in [2.75, 3.05) is 7.11 Å². The molecule has 1 atom stereocenters. The molecule has 1 heterocycles. The summed E-state index contributed by atoms with van der Waals surface area (Å²) >= 11 is 0. The van der Waals surface area contributed by atoms with Gasteiger partial charge >= 0.3 is 0 Å². The third-order valence-electron chi connectivity index (χ3n) is 3.87. The van der Waals surface area contributed by atoms with E-state index >= 15 is 0 Å². The summed E-state index contributed by atoms with van der Waals surface area (Å²) in [6.07, 6.45) is 5.07. The highest BCUT2D eigenvalue weighted by Gasteiger charge is 2.19. The average Bonchev–Trinajstić information content (AvgIpc) is 3.18. The van der Waals surface area contributed by atoms with Crippen LogP contribution in [0.1, 0.15) is 25.3 Å². The lowest BCUT2D eigenvalue weighted by atomic mass is 10.1. The normalized spacial score (nSPS) is 16.9. The second-order valence-electron chi connectivity index (χ2n) is 5.56. The van der Waals surface area contributed by atoms with E-state index in [1.807, 2.05) is 0 Å². The number of fused-ring (bicyclic) bond motifs is 1. The van der Waals surface area contributed by atoms with Crippen molar-refractivity contribution in [2.24, 2.45) is 0 Å². The fourth-order valence-corrected chi connectivity index (χ4v) is 2.40. The first-order valence-corrected chi connectivity index (χ1v) is 7.10. The van der Waals surface area contributed by atoms with Crippen LogP contribution in [0, 0.1) is 0 Å². The summed E-state index contributed by atoms with van der Waals surface area (Å²) in [5.74, 6) is 0. The number of benzene rings is 1. The van der Waals surface area contributed by atoms with Crippen LogP contribution in [0.4, 0.5) is 0 Å². The Balaban J connectivity index is 1.80. The van der Waals surface area contributed by atoms with Crippen molar-refractivity contribution in [1.29, 1.82) is 0 Å². The van der Waals surface area contributed by atoms with Crippen molar-refractivity contribution >= 4 is 10.9 Å². The molecule has 19 heavy (non-hydrogen) atoms. The molecule has 1 N–H and O–H groups in total. The van der Waals surface area contributed by atoms with E-state index in [0.717, 1.165) is 19.1 Å². The van der Waals surface area contributed by atoms with Gasteiger partial charge in [0.05, 0.1) is 6.10 Å². The van der Waals surface area contributed by atoms with Gasteiger partial charge in [-0.15, -0.1) is 0 Å². The van der Waals surface area contributed by atoms with E-state index in [4.69, 9.17) is 4.74 Å². The molecule has 0 amide bonds. The first-order valence-electron chi connectivity index (χ1n) is 7.10. The van der Waals surface area contributed by atoms with Gasteiger partial charge in [0.1, 0.15) is 0 Å². The van der Waals surface area contributed by atoms with Crippen LogP contribution in [0.15, 0.2) is 30.5 Å². The van der Waals surface area contributed by atoms with Crippen molar-refractivity contribution in [1.82, 2.24) is 9.88 Å². The summed E-state index contributed by atoms with van der Waals surface area (Å²) in [4.78, 5) is 0. The molecule has 102 valence electrons. The molecule has 3 heteroatoms. The molecule has 0 bridgehead atoms. The molecule has 3 rings (SSSR count). The number of hydrogen-bond donors (Lipinski definition) is 1. The molecule has 1 aromatic carbocycles. The van der Waals surface area contributed by atoms with E-state index in [-0.39, 0.29) is 6.10 Å². The average molecular weight is 258 g/mol. The van der Waals surface area contributed by atoms with Crippen LogP contribution in [0.25, 0.3) is 10.9 Å². The lowest BCUT2D eigenvalue weighted by molar-refractivity contribution is 0.104. The van der Waals surface area contributed by atoms with Crippen LogP contribution in [0.2, 0.25) is 0 Å². The SMILES string of the molecule is COC(C)Cn1ccc2ccc(CNC3CC3)cc21. The van der Waals surface area contributed by atoms with Crippen LogP contribution in [0.3, 0.4) is 0 Å². The van der Waals surface area contributed by atoms with Crippen molar-refractivity contribution in [3.05, 3.63) is 36.0 Å². The smallest absolute Gasteiger partial charge is 0.0722 e. The van der Waals surface area contributed by atoms with Crippen LogP contribution in [-0.4, -0.2) is 23.8 Å². The Morgan fingerprint density at radius 1 is 1.37 bits per heavy atom. The molecule has 1 unspecified atom stereocenters. The van der Waals surface area contributed by atoms with Gasteiger partial charge in [-0.3, -0.25) is 0 Å². The standard InChI is InChI=1S/C16H22N2O/c1-12(19-2)11-18-8-7-14-4-3-13(9-16(14)18)10-17-15-5-6-15/h3-4,7-9,12,15,17H,5-6,10-11H2,1-2H3. The minimum absolute atomic E-state index is 0.240. The zero-order valence-corrected chi connectivity index (χ0v) is 11.7. The predicted octanol–water partition coefficient (Wildman–Crippen LogP) is 2.93. The number of nitrogens with zero attached hydrogens (tertiary/aromatic N) is 1. The molecule has 3 nitrogen and oxygen atoms in total. The van der Waals surface area contributed by atoms with E-state index in [1.54, 1.807) is 7.11 Å². The second kappa shape index (κ2) is 5.35. The topological polar surface area (TPSA) is 26.2 Å². The minimum Gasteiger partial charge on any atom is -0.380 e. The van der Waals surface area contributed by atoms with Crippen molar-refractivity contribution in [3.8, 4) is 0 Å². The summed E-state index contributed by atoms with van der Waals surface area (Å²) < 4.78 is 7.64. The Kier molecular flexibility index (Phi) is 3.58. The molecule has 2 aromatic rings. The molecule has 1 fully saturated rings. The molecule has 1 aromatic heterocycles. The Morgan fingerprint density at radius 3 is 2.95 bits per heavy atom. The van der Waals surface area contributed by atoms with E-state index < -0.39 is 0 Å². The highest BCUT2D eigenvalue weighted by atomic mass is 16.5. The number of methoxy groups -OCH3 is 1. The minimum atomic E-state index is 0.240. The van der Waals surface area contributed by atoms with Gasteiger partial charge in [-0.1, -0.05) is 12.1 Å². The highest BCUT2D eigenvalue weighted by molar-refractivity contribution is 5.80. The van der Waals surface area contributed by atoms with Gasteiger partial charge < -0.3 is 14.6 Å². The van der Waals surface area contributed by atoms with Gasteiger partial charge in [0.15, 0.2) is 0 Å². The molecule has 1 saturated carbocycles. The van der Waals surface area contributed by atoms with Crippen LogP contribution in [0.5, 0.6) is 0 Å². The van der Waals surface area contributed by atoms with Crippen LogP contribution in [-0.2, 0) is 17.8 Å². The van der Waals surface area contributed by atoms with Crippen molar-refractivity contribution in [3.63, 3.8) is 0 Å². The molecular formula is C16H22N2O. The number of rotatable bonds is 6. The highest BCUT2D eigenvalue weighted by Crippen LogP contribution is 2.21. The molecule has 0 radical (unpaired) electrons. The van der Waals surface area contributed by atoms with Crippen molar-refractivity contribution in [2.45, 2.75) is 45.0 Å². The third-order valence-corrected chi connectivity index (χ3v) is 3.87. The zero-order valence-electron chi connectivity index (χ0n) is 11.7. The van der Waals surface area contributed by atoms with E-state index in [2.05, 4.69) is 47.3 Å². The van der Waals surface area contributed by atoms with Gasteiger partial charge in [0.25, 0.3) is 0 Å². The van der Waals surface area contributed by atoms with E-state index in [1.165, 1.54) is 29.3 Å². The zero-order chi connectivity index (χ0) is 13.2.